The predicted octanol–water partition coefficient (Wildman–Crippen LogP) is 3.91. The summed E-state index contributed by atoms with van der Waals surface area (Å²) in [5, 5.41) is 0. The molecule has 0 heterocycles. The fourth-order valence-corrected chi connectivity index (χ4v) is 3.87. The molecule has 1 aliphatic rings. The molecule has 0 aromatic carbocycles. The maximum Gasteiger partial charge on any atom is 0.341 e. The highest BCUT2D eigenvalue weighted by Crippen LogP contribution is 2.47. The Labute approximate surface area is 121 Å². The summed E-state index contributed by atoms with van der Waals surface area (Å²) in [5.41, 5.74) is 0. The fourth-order valence-electron chi connectivity index (χ4n) is 2.44. The van der Waals surface area contributed by atoms with Gasteiger partial charge in [0.25, 0.3) is 0 Å². The van der Waals surface area contributed by atoms with Crippen molar-refractivity contribution in [3.8, 4) is 0 Å². The molecule has 0 aromatic heterocycles. The Morgan fingerprint density at radius 2 is 1.50 bits per heavy atom. The molecule has 0 saturated heterocycles. The van der Waals surface area contributed by atoms with Gasteiger partial charge in [0.05, 0.1) is 13.2 Å². The first kappa shape index (κ1) is 17.7. The summed E-state index contributed by atoms with van der Waals surface area (Å²) >= 11 is 0. The topological polar surface area (TPSA) is 61.8 Å². The van der Waals surface area contributed by atoms with Crippen LogP contribution in [0.1, 0.15) is 58.8 Å². The first-order valence-corrected chi connectivity index (χ1v) is 9.40. The van der Waals surface area contributed by atoms with Gasteiger partial charge in [-0.15, -0.1) is 0 Å². The van der Waals surface area contributed by atoms with Crippen LogP contribution in [0.3, 0.4) is 0 Å². The molecular weight excluding hydrogens is 279 g/mol. The van der Waals surface area contributed by atoms with Crippen molar-refractivity contribution < 1.29 is 23.1 Å². The van der Waals surface area contributed by atoms with E-state index in [1.807, 2.05) is 0 Å². The van der Waals surface area contributed by atoms with Crippen molar-refractivity contribution in [2.24, 2.45) is 0 Å². The summed E-state index contributed by atoms with van der Waals surface area (Å²) in [6.07, 6.45) is 7.32. The number of esters is 1. The van der Waals surface area contributed by atoms with Crippen molar-refractivity contribution in [2.75, 3.05) is 19.4 Å². The summed E-state index contributed by atoms with van der Waals surface area (Å²) in [4.78, 5) is 11.9. The zero-order valence-corrected chi connectivity index (χ0v) is 13.5. The van der Waals surface area contributed by atoms with Crippen molar-refractivity contribution in [3.05, 3.63) is 0 Å². The first-order chi connectivity index (χ1) is 9.59. The van der Waals surface area contributed by atoms with Crippen molar-refractivity contribution in [2.45, 2.75) is 64.9 Å². The van der Waals surface area contributed by atoms with Gasteiger partial charge in [0, 0.05) is 0 Å². The minimum atomic E-state index is -3.34. The number of rotatable bonds is 7. The number of carbonyl (C=O) groups is 1. The Hall–Kier alpha value is -0.380. The Bertz CT molecular complexity index is 314. The lowest BCUT2D eigenvalue weighted by molar-refractivity contribution is -0.147. The van der Waals surface area contributed by atoms with Gasteiger partial charge in [-0.25, -0.2) is 0 Å². The smallest absolute Gasteiger partial charge is 0.341 e. The highest BCUT2D eigenvalue weighted by atomic mass is 31.2. The molecule has 0 aromatic rings. The van der Waals surface area contributed by atoms with E-state index in [0.717, 1.165) is 25.7 Å². The number of hydrogen-bond donors (Lipinski definition) is 0. The van der Waals surface area contributed by atoms with Crippen LogP contribution in [-0.4, -0.2) is 31.4 Å². The van der Waals surface area contributed by atoms with Crippen LogP contribution >= 0.6 is 7.60 Å². The van der Waals surface area contributed by atoms with Crippen LogP contribution in [0, 0.1) is 0 Å². The minimum absolute atomic E-state index is 0.0421. The van der Waals surface area contributed by atoms with Crippen molar-refractivity contribution in [1.82, 2.24) is 0 Å². The molecule has 0 unspecified atom stereocenters. The molecule has 0 spiro atoms. The lowest BCUT2D eigenvalue weighted by atomic mass is 9.99. The average Bonchev–Trinajstić information content (AvgIpc) is 2.32. The van der Waals surface area contributed by atoms with Crippen molar-refractivity contribution in [1.29, 1.82) is 0 Å². The molecule has 1 saturated carbocycles. The van der Waals surface area contributed by atoms with Crippen molar-refractivity contribution >= 4 is 13.6 Å². The van der Waals surface area contributed by atoms with Gasteiger partial charge in [0.1, 0.15) is 12.3 Å². The summed E-state index contributed by atoms with van der Waals surface area (Å²) in [6, 6.07) is 0. The van der Waals surface area contributed by atoms with E-state index in [2.05, 4.69) is 0 Å². The first-order valence-electron chi connectivity index (χ1n) is 7.67. The maximum atomic E-state index is 12.2. The molecule has 0 bridgehead atoms. The summed E-state index contributed by atoms with van der Waals surface area (Å²) in [7, 11) is -3.34. The van der Waals surface area contributed by atoms with E-state index in [1.54, 1.807) is 13.8 Å². The zero-order chi connectivity index (χ0) is 14.8. The normalized spacial score (nSPS) is 18.3. The quantitative estimate of drug-likeness (QED) is 0.527. The van der Waals surface area contributed by atoms with E-state index < -0.39 is 13.6 Å². The van der Waals surface area contributed by atoms with Gasteiger partial charge in [-0.3, -0.25) is 9.36 Å². The second-order valence-electron chi connectivity index (χ2n) is 5.06. The number of hydrogen-bond acceptors (Lipinski definition) is 5. The van der Waals surface area contributed by atoms with Crippen LogP contribution in [0.5, 0.6) is 0 Å². The monoisotopic (exact) mass is 306 g/mol. The standard InChI is InChI=1S/C14H27O5P/c1-3-17-20(16,18-4-2)12-14(15)19-13-10-8-6-5-7-9-11-13/h13H,3-12H2,1-2H3. The molecule has 6 heteroatoms. The highest BCUT2D eigenvalue weighted by Gasteiger charge is 2.29. The van der Waals surface area contributed by atoms with Crippen LogP contribution < -0.4 is 0 Å². The lowest BCUT2D eigenvalue weighted by Crippen LogP contribution is -2.22. The Morgan fingerprint density at radius 1 is 1.00 bits per heavy atom. The molecule has 1 rings (SSSR count). The van der Waals surface area contributed by atoms with E-state index in [1.165, 1.54) is 19.3 Å². The zero-order valence-electron chi connectivity index (χ0n) is 12.6. The van der Waals surface area contributed by atoms with Gasteiger partial charge in [-0.1, -0.05) is 19.3 Å². The molecule has 1 fully saturated rings. The van der Waals surface area contributed by atoms with E-state index in [4.69, 9.17) is 13.8 Å². The predicted molar refractivity (Wildman–Crippen MR) is 77.9 cm³/mol. The van der Waals surface area contributed by atoms with Crippen LogP contribution in [0.2, 0.25) is 0 Å². The largest absolute Gasteiger partial charge is 0.462 e. The van der Waals surface area contributed by atoms with E-state index in [0.29, 0.717) is 0 Å². The van der Waals surface area contributed by atoms with E-state index in [9.17, 15) is 9.36 Å². The van der Waals surface area contributed by atoms with Gasteiger partial charge in [0.2, 0.25) is 0 Å². The molecule has 5 nitrogen and oxygen atoms in total. The SMILES string of the molecule is CCOP(=O)(CC(=O)OC1CCCCCCC1)OCC. The van der Waals surface area contributed by atoms with Crippen molar-refractivity contribution in [3.63, 3.8) is 0 Å². The molecule has 118 valence electrons. The third-order valence-corrected chi connectivity index (χ3v) is 5.27. The molecule has 20 heavy (non-hydrogen) atoms. The van der Waals surface area contributed by atoms with Gasteiger partial charge in [-0.05, 0) is 39.5 Å². The highest BCUT2D eigenvalue weighted by molar-refractivity contribution is 7.54. The molecule has 1 aliphatic carbocycles. The summed E-state index contributed by atoms with van der Waals surface area (Å²) in [6.45, 7) is 3.97. The Balaban J connectivity index is 2.45. The van der Waals surface area contributed by atoms with Gasteiger partial charge in [-0.2, -0.15) is 0 Å². The lowest BCUT2D eigenvalue weighted by Gasteiger charge is -2.22. The molecule has 0 amide bonds. The number of carbonyl (C=O) groups excluding carboxylic acids is 1. The average molecular weight is 306 g/mol. The molecule has 0 N–H and O–H groups in total. The molecular formula is C14H27O5P. The van der Waals surface area contributed by atoms with Crippen LogP contribution in [0.4, 0.5) is 0 Å². The van der Waals surface area contributed by atoms with Gasteiger partial charge >= 0.3 is 13.6 Å². The molecule has 0 radical (unpaired) electrons. The molecule has 0 aliphatic heterocycles. The minimum Gasteiger partial charge on any atom is -0.462 e. The Morgan fingerprint density at radius 3 is 2.00 bits per heavy atom. The maximum absolute atomic E-state index is 12.2. The fraction of sp³-hybridized carbons (Fsp3) is 0.929. The van der Waals surface area contributed by atoms with Crippen LogP contribution in [0.15, 0.2) is 0 Å². The molecule has 0 atom stereocenters. The van der Waals surface area contributed by atoms with Crippen LogP contribution in [-0.2, 0) is 23.1 Å². The third-order valence-electron chi connectivity index (χ3n) is 3.32. The van der Waals surface area contributed by atoms with E-state index in [-0.39, 0.29) is 25.5 Å². The third kappa shape index (κ3) is 6.87. The van der Waals surface area contributed by atoms with Gasteiger partial charge in [0.15, 0.2) is 0 Å². The number of ether oxygens (including phenoxy) is 1. The second kappa shape index (κ2) is 9.54. The van der Waals surface area contributed by atoms with Crippen LogP contribution in [0.25, 0.3) is 0 Å². The summed E-state index contributed by atoms with van der Waals surface area (Å²) in [5.74, 6) is -0.471. The van der Waals surface area contributed by atoms with Gasteiger partial charge < -0.3 is 13.8 Å². The summed E-state index contributed by atoms with van der Waals surface area (Å²) < 4.78 is 27.9. The van der Waals surface area contributed by atoms with E-state index >= 15 is 0 Å². The second-order valence-corrected chi connectivity index (χ2v) is 7.12. The Kier molecular flexibility index (Phi) is 8.43.